The first-order chi connectivity index (χ1) is 9.17. The second-order valence-electron chi connectivity index (χ2n) is 5.53. The number of hydrogen-bond donors (Lipinski definition) is 1. The molecule has 1 aromatic rings. The summed E-state index contributed by atoms with van der Waals surface area (Å²) in [5.41, 5.74) is 1.32. The van der Waals surface area contributed by atoms with E-state index in [0.29, 0.717) is 12.1 Å². The van der Waals surface area contributed by atoms with Crippen molar-refractivity contribution in [2.45, 2.75) is 44.3 Å². The van der Waals surface area contributed by atoms with Gasteiger partial charge in [-0.3, -0.25) is 4.90 Å². The zero-order chi connectivity index (χ0) is 13.8. The van der Waals surface area contributed by atoms with E-state index in [1.54, 1.807) is 7.11 Å². The molecule has 0 bridgehead atoms. The number of hydrogen-bond acceptors (Lipinski definition) is 3. The van der Waals surface area contributed by atoms with E-state index in [4.69, 9.17) is 4.74 Å². The third-order valence-electron chi connectivity index (χ3n) is 4.56. The predicted molar refractivity (Wildman–Crippen MR) is 79.7 cm³/mol. The van der Waals surface area contributed by atoms with Crippen LogP contribution in [0.3, 0.4) is 0 Å². The van der Waals surface area contributed by atoms with Gasteiger partial charge in [0, 0.05) is 18.1 Å². The quantitative estimate of drug-likeness (QED) is 0.853. The van der Waals surface area contributed by atoms with Gasteiger partial charge in [0.2, 0.25) is 0 Å². The van der Waals surface area contributed by atoms with Gasteiger partial charge < -0.3 is 10.1 Å². The summed E-state index contributed by atoms with van der Waals surface area (Å²) in [6.45, 7) is 2.31. The van der Waals surface area contributed by atoms with Gasteiger partial charge in [-0.15, -0.1) is 0 Å². The summed E-state index contributed by atoms with van der Waals surface area (Å²) in [6.07, 6.45) is 4.08. The Hall–Kier alpha value is -1.06. The molecule has 1 fully saturated rings. The molecule has 3 nitrogen and oxygen atoms in total. The highest BCUT2D eigenvalue weighted by Gasteiger charge is 2.29. The summed E-state index contributed by atoms with van der Waals surface area (Å²) in [4.78, 5) is 2.52. The van der Waals surface area contributed by atoms with Crippen LogP contribution in [0.5, 0.6) is 5.75 Å². The van der Waals surface area contributed by atoms with Crippen LogP contribution in [-0.2, 0) is 0 Å². The van der Waals surface area contributed by atoms with E-state index < -0.39 is 0 Å². The lowest BCUT2D eigenvalue weighted by molar-refractivity contribution is 0.0977. The van der Waals surface area contributed by atoms with Crippen molar-refractivity contribution >= 4 is 0 Å². The summed E-state index contributed by atoms with van der Waals surface area (Å²) in [6, 6.07) is 10.0. The highest BCUT2D eigenvalue weighted by atomic mass is 16.5. The molecule has 0 aliphatic heterocycles. The minimum Gasteiger partial charge on any atom is -0.497 e. The summed E-state index contributed by atoms with van der Waals surface area (Å²) >= 11 is 0. The molecule has 0 heterocycles. The van der Waals surface area contributed by atoms with E-state index in [1.807, 2.05) is 19.2 Å². The summed E-state index contributed by atoms with van der Waals surface area (Å²) in [7, 11) is 6.00. The third kappa shape index (κ3) is 3.10. The van der Waals surface area contributed by atoms with Crippen LogP contribution in [0.25, 0.3) is 0 Å². The molecule has 0 saturated heterocycles. The molecule has 0 spiro atoms. The van der Waals surface area contributed by atoms with Crippen molar-refractivity contribution in [3.05, 3.63) is 29.8 Å². The Morgan fingerprint density at radius 1 is 1.26 bits per heavy atom. The van der Waals surface area contributed by atoms with Gasteiger partial charge in [0.1, 0.15) is 5.75 Å². The van der Waals surface area contributed by atoms with Crippen LogP contribution < -0.4 is 10.1 Å². The maximum absolute atomic E-state index is 5.22. The van der Waals surface area contributed by atoms with Gasteiger partial charge in [-0.2, -0.15) is 0 Å². The first-order valence-electron chi connectivity index (χ1n) is 7.20. The van der Waals surface area contributed by atoms with Gasteiger partial charge in [-0.25, -0.2) is 0 Å². The van der Waals surface area contributed by atoms with Crippen molar-refractivity contribution < 1.29 is 4.74 Å². The molecule has 0 radical (unpaired) electrons. The van der Waals surface area contributed by atoms with Gasteiger partial charge in [0.05, 0.1) is 7.11 Å². The monoisotopic (exact) mass is 262 g/mol. The van der Waals surface area contributed by atoms with Crippen LogP contribution in [0, 0.1) is 0 Å². The number of nitrogens with zero attached hydrogens (tertiary/aromatic N) is 1. The van der Waals surface area contributed by atoms with Crippen LogP contribution >= 0.6 is 0 Å². The molecule has 2 atom stereocenters. The first-order valence-corrected chi connectivity index (χ1v) is 7.20. The first kappa shape index (κ1) is 14.4. The Morgan fingerprint density at radius 2 is 1.89 bits per heavy atom. The minimum atomic E-state index is 0.358. The number of nitrogens with one attached hydrogen (secondary N) is 1. The number of ether oxygens (including phenoxy) is 1. The fourth-order valence-corrected chi connectivity index (χ4v) is 2.86. The van der Waals surface area contributed by atoms with Crippen molar-refractivity contribution in [1.82, 2.24) is 10.2 Å². The molecule has 106 valence electrons. The standard InChI is InChI=1S/C16H26N2O/c1-12(18(3)14-6-5-7-14)16(17-2)13-8-10-15(19-4)11-9-13/h8-12,14,16-17H,5-7H2,1-4H3. The Morgan fingerprint density at radius 3 is 2.32 bits per heavy atom. The van der Waals surface area contributed by atoms with Crippen LogP contribution in [0.1, 0.15) is 37.8 Å². The van der Waals surface area contributed by atoms with E-state index >= 15 is 0 Å². The Balaban J connectivity index is 2.08. The topological polar surface area (TPSA) is 24.5 Å². The van der Waals surface area contributed by atoms with E-state index in [-0.39, 0.29) is 0 Å². The molecule has 19 heavy (non-hydrogen) atoms. The molecule has 1 aromatic carbocycles. The van der Waals surface area contributed by atoms with Crippen molar-refractivity contribution in [3.8, 4) is 5.75 Å². The van der Waals surface area contributed by atoms with Crippen LogP contribution in [0.2, 0.25) is 0 Å². The van der Waals surface area contributed by atoms with E-state index in [2.05, 4.69) is 36.3 Å². The predicted octanol–water partition coefficient (Wildman–Crippen LogP) is 2.83. The zero-order valence-electron chi connectivity index (χ0n) is 12.5. The maximum atomic E-state index is 5.22. The van der Waals surface area contributed by atoms with Gasteiger partial charge >= 0.3 is 0 Å². The van der Waals surface area contributed by atoms with E-state index in [1.165, 1.54) is 24.8 Å². The Labute approximate surface area is 116 Å². The van der Waals surface area contributed by atoms with Gasteiger partial charge in [0.15, 0.2) is 0 Å². The largest absolute Gasteiger partial charge is 0.497 e. The summed E-state index contributed by atoms with van der Waals surface area (Å²) < 4.78 is 5.22. The number of likely N-dealkylation sites (N-methyl/N-ethyl adjacent to an activating group) is 2. The van der Waals surface area contributed by atoms with Crippen LogP contribution in [-0.4, -0.2) is 38.2 Å². The number of methoxy groups -OCH3 is 1. The second-order valence-corrected chi connectivity index (χ2v) is 5.53. The lowest BCUT2D eigenvalue weighted by atomic mass is 9.89. The average Bonchev–Trinajstić information content (AvgIpc) is 2.38. The van der Waals surface area contributed by atoms with Gasteiger partial charge in [-0.05, 0) is 51.6 Å². The maximum Gasteiger partial charge on any atom is 0.118 e. The summed E-state index contributed by atoms with van der Waals surface area (Å²) in [5.74, 6) is 0.915. The fourth-order valence-electron chi connectivity index (χ4n) is 2.86. The average molecular weight is 262 g/mol. The summed E-state index contributed by atoms with van der Waals surface area (Å²) in [5, 5.41) is 3.46. The fraction of sp³-hybridized carbons (Fsp3) is 0.625. The molecule has 2 unspecified atom stereocenters. The zero-order valence-corrected chi connectivity index (χ0v) is 12.5. The second kappa shape index (κ2) is 6.40. The molecule has 1 aliphatic rings. The molecule has 1 aliphatic carbocycles. The molecule has 2 rings (SSSR count). The smallest absolute Gasteiger partial charge is 0.118 e. The highest BCUT2D eigenvalue weighted by molar-refractivity contribution is 5.29. The molecular formula is C16H26N2O. The van der Waals surface area contributed by atoms with E-state index in [9.17, 15) is 0 Å². The molecule has 1 N–H and O–H groups in total. The molecule has 0 aromatic heterocycles. The SMILES string of the molecule is CNC(c1ccc(OC)cc1)C(C)N(C)C1CCC1. The normalized spacial score (nSPS) is 19.0. The number of rotatable bonds is 6. The molecule has 1 saturated carbocycles. The third-order valence-corrected chi connectivity index (χ3v) is 4.56. The van der Waals surface area contributed by atoms with Crippen LogP contribution in [0.15, 0.2) is 24.3 Å². The lowest BCUT2D eigenvalue weighted by Crippen LogP contribution is -2.47. The van der Waals surface area contributed by atoms with Crippen molar-refractivity contribution in [3.63, 3.8) is 0 Å². The van der Waals surface area contributed by atoms with E-state index in [0.717, 1.165) is 11.8 Å². The number of benzene rings is 1. The highest BCUT2D eigenvalue weighted by Crippen LogP contribution is 2.29. The minimum absolute atomic E-state index is 0.358. The lowest BCUT2D eigenvalue weighted by Gasteiger charge is -2.41. The van der Waals surface area contributed by atoms with Crippen LogP contribution in [0.4, 0.5) is 0 Å². The Kier molecular flexibility index (Phi) is 4.83. The Bertz CT molecular complexity index is 386. The molecule has 3 heteroatoms. The molecule has 0 amide bonds. The van der Waals surface area contributed by atoms with Crippen molar-refractivity contribution in [1.29, 1.82) is 0 Å². The van der Waals surface area contributed by atoms with Crippen molar-refractivity contribution in [2.24, 2.45) is 0 Å². The molecular weight excluding hydrogens is 236 g/mol. The van der Waals surface area contributed by atoms with Crippen molar-refractivity contribution in [2.75, 3.05) is 21.2 Å². The van der Waals surface area contributed by atoms with Gasteiger partial charge in [-0.1, -0.05) is 18.6 Å². The van der Waals surface area contributed by atoms with Gasteiger partial charge in [0.25, 0.3) is 0 Å².